The molecule has 0 unspecified atom stereocenters. The SMILES string of the molecule is [Al+3].[Al+3].[O-2].[O-2].[O-2].c1ccc2cc3cc4ccccc4cc3cc2c1.c1ccc2cc3cc4ccccc4cc3cc2c1. The Morgan fingerprint density at radius 1 is 0.195 bits per heavy atom. The van der Waals surface area contributed by atoms with Crippen molar-refractivity contribution in [1.82, 2.24) is 0 Å². The molecule has 8 rings (SSSR count). The zero-order valence-corrected chi connectivity index (χ0v) is 24.5. The van der Waals surface area contributed by atoms with E-state index in [0.717, 1.165) is 0 Å². The van der Waals surface area contributed by atoms with Crippen molar-refractivity contribution in [3.63, 3.8) is 0 Å². The molecule has 0 aliphatic rings. The predicted octanol–water partition coefficient (Wildman–Crippen LogP) is 9.17. The van der Waals surface area contributed by atoms with E-state index < -0.39 is 0 Å². The van der Waals surface area contributed by atoms with Gasteiger partial charge in [-0.2, -0.15) is 0 Å². The van der Waals surface area contributed by atoms with E-state index >= 15 is 0 Å². The summed E-state index contributed by atoms with van der Waals surface area (Å²) < 4.78 is 0. The maximum atomic E-state index is 2.27. The first kappa shape index (κ1) is 33.5. The van der Waals surface area contributed by atoms with E-state index in [0.29, 0.717) is 0 Å². The van der Waals surface area contributed by atoms with Gasteiger partial charge >= 0.3 is 34.7 Å². The Balaban J connectivity index is 0.000000256. The third-order valence-electron chi connectivity index (χ3n) is 7.14. The Kier molecular flexibility index (Phi) is 11.6. The summed E-state index contributed by atoms with van der Waals surface area (Å²) in [4.78, 5) is 0. The Morgan fingerprint density at radius 2 is 0.317 bits per heavy atom. The second-order valence-corrected chi connectivity index (χ2v) is 9.49. The van der Waals surface area contributed by atoms with E-state index in [-0.39, 0.29) is 51.2 Å². The number of fused-ring (bicyclic) bond motifs is 6. The van der Waals surface area contributed by atoms with Gasteiger partial charge in [-0.05, 0) is 113 Å². The van der Waals surface area contributed by atoms with Crippen LogP contribution < -0.4 is 0 Å². The number of hydrogen-bond acceptors (Lipinski definition) is 0. The van der Waals surface area contributed by atoms with Gasteiger partial charge in [0.2, 0.25) is 0 Å². The van der Waals surface area contributed by atoms with Crippen LogP contribution in [0.4, 0.5) is 0 Å². The van der Waals surface area contributed by atoms with Gasteiger partial charge in [0, 0.05) is 0 Å². The molecular formula is C36H24Al2O3. The van der Waals surface area contributed by atoms with Crippen LogP contribution in [0, 0.1) is 0 Å². The van der Waals surface area contributed by atoms with Crippen LogP contribution in [0.1, 0.15) is 0 Å². The van der Waals surface area contributed by atoms with Gasteiger partial charge in [-0.1, -0.05) is 97.1 Å². The molecule has 0 bridgehead atoms. The number of rotatable bonds is 0. The zero-order valence-electron chi connectivity index (χ0n) is 22.2. The largest absolute Gasteiger partial charge is 3.00 e. The van der Waals surface area contributed by atoms with Gasteiger partial charge in [-0.25, -0.2) is 0 Å². The molecule has 0 atom stereocenters. The van der Waals surface area contributed by atoms with E-state index in [1.165, 1.54) is 64.6 Å². The van der Waals surface area contributed by atoms with Crippen molar-refractivity contribution in [2.24, 2.45) is 0 Å². The van der Waals surface area contributed by atoms with E-state index in [1.54, 1.807) is 0 Å². The molecule has 192 valence electrons. The minimum Gasteiger partial charge on any atom is -2.00 e. The fourth-order valence-electron chi connectivity index (χ4n) is 5.27. The molecule has 41 heavy (non-hydrogen) atoms. The molecule has 0 heterocycles. The summed E-state index contributed by atoms with van der Waals surface area (Å²) >= 11 is 0. The van der Waals surface area contributed by atoms with Gasteiger partial charge in [0.15, 0.2) is 0 Å². The van der Waals surface area contributed by atoms with Crippen LogP contribution in [0.15, 0.2) is 146 Å². The molecule has 0 radical (unpaired) electrons. The maximum absolute atomic E-state index is 2.27. The Hall–Kier alpha value is -3.74. The average Bonchev–Trinajstić information content (AvgIpc) is 2.93. The minimum absolute atomic E-state index is 0. The van der Waals surface area contributed by atoms with Gasteiger partial charge < -0.3 is 16.4 Å². The second-order valence-electron chi connectivity index (χ2n) is 9.49. The summed E-state index contributed by atoms with van der Waals surface area (Å²) in [5.74, 6) is 0. The average molecular weight is 559 g/mol. The molecule has 0 saturated carbocycles. The van der Waals surface area contributed by atoms with Gasteiger partial charge in [0.05, 0.1) is 0 Å². The van der Waals surface area contributed by atoms with E-state index in [2.05, 4.69) is 146 Å². The summed E-state index contributed by atoms with van der Waals surface area (Å²) in [6.45, 7) is 0. The molecular weight excluding hydrogens is 534 g/mol. The molecule has 0 saturated heterocycles. The molecule has 3 nitrogen and oxygen atoms in total. The second kappa shape index (κ2) is 14.2. The topological polar surface area (TPSA) is 85.5 Å². The van der Waals surface area contributed by atoms with Gasteiger partial charge in [-0.3, -0.25) is 0 Å². The zero-order chi connectivity index (χ0) is 23.9. The molecule has 0 aromatic heterocycles. The van der Waals surface area contributed by atoms with Crippen LogP contribution >= 0.6 is 0 Å². The molecule has 0 amide bonds. The quantitative estimate of drug-likeness (QED) is 0.131. The van der Waals surface area contributed by atoms with E-state index in [1.807, 2.05) is 0 Å². The van der Waals surface area contributed by atoms with Crippen LogP contribution in [-0.4, -0.2) is 34.7 Å². The predicted molar refractivity (Wildman–Crippen MR) is 171 cm³/mol. The Bertz CT molecular complexity index is 1630. The van der Waals surface area contributed by atoms with Crippen LogP contribution in [0.5, 0.6) is 0 Å². The van der Waals surface area contributed by atoms with Crippen LogP contribution in [0.2, 0.25) is 0 Å². The van der Waals surface area contributed by atoms with Crippen molar-refractivity contribution in [2.75, 3.05) is 0 Å². The van der Waals surface area contributed by atoms with Crippen LogP contribution in [-0.2, 0) is 16.4 Å². The van der Waals surface area contributed by atoms with Crippen LogP contribution in [0.25, 0.3) is 64.6 Å². The summed E-state index contributed by atoms with van der Waals surface area (Å²) in [7, 11) is 0. The Morgan fingerprint density at radius 3 is 0.439 bits per heavy atom. The minimum atomic E-state index is 0. The van der Waals surface area contributed by atoms with Crippen molar-refractivity contribution >= 4 is 99.4 Å². The molecule has 0 spiro atoms. The fraction of sp³-hybridized carbons (Fsp3) is 0. The van der Waals surface area contributed by atoms with E-state index in [9.17, 15) is 0 Å². The molecule has 0 fully saturated rings. The van der Waals surface area contributed by atoms with Gasteiger partial charge in [0.1, 0.15) is 0 Å². The molecule has 0 N–H and O–H groups in total. The number of benzene rings is 8. The summed E-state index contributed by atoms with van der Waals surface area (Å²) in [5.41, 5.74) is 0. The normalized spacial score (nSPS) is 9.95. The third kappa shape index (κ3) is 6.61. The van der Waals surface area contributed by atoms with Crippen molar-refractivity contribution in [1.29, 1.82) is 0 Å². The molecule has 8 aromatic rings. The number of hydrogen-bond donors (Lipinski definition) is 0. The van der Waals surface area contributed by atoms with E-state index in [4.69, 9.17) is 0 Å². The Labute approximate surface area is 260 Å². The third-order valence-corrected chi connectivity index (χ3v) is 7.14. The smallest absolute Gasteiger partial charge is 2.00 e. The molecule has 8 aromatic carbocycles. The van der Waals surface area contributed by atoms with Crippen LogP contribution in [0.3, 0.4) is 0 Å². The van der Waals surface area contributed by atoms with Crippen molar-refractivity contribution in [2.45, 2.75) is 0 Å². The fourth-order valence-corrected chi connectivity index (χ4v) is 5.27. The molecule has 5 heteroatoms. The summed E-state index contributed by atoms with van der Waals surface area (Å²) in [6.07, 6.45) is 0. The van der Waals surface area contributed by atoms with Crippen molar-refractivity contribution in [3.05, 3.63) is 146 Å². The standard InChI is InChI=1S/2C18H12.2Al.3O/c2*1-2-6-14-10-18-12-16-8-4-3-7-15(16)11-17(18)9-13(14)5-1;;;;;/h2*1-12H;;;;;/q;;2*+3;3*-2. The summed E-state index contributed by atoms with van der Waals surface area (Å²) in [5, 5.41) is 15.7. The van der Waals surface area contributed by atoms with Gasteiger partial charge in [-0.15, -0.1) is 0 Å². The monoisotopic (exact) mass is 558 g/mol. The molecule has 0 aliphatic carbocycles. The molecule has 0 aliphatic heterocycles. The van der Waals surface area contributed by atoms with Crippen molar-refractivity contribution < 1.29 is 16.4 Å². The first-order valence-corrected chi connectivity index (χ1v) is 12.4. The first-order chi connectivity index (χ1) is 17.8. The summed E-state index contributed by atoms with van der Waals surface area (Å²) in [6, 6.07) is 52.3. The first-order valence-electron chi connectivity index (χ1n) is 12.4. The van der Waals surface area contributed by atoms with Gasteiger partial charge in [0.25, 0.3) is 0 Å². The maximum Gasteiger partial charge on any atom is 3.00 e. The van der Waals surface area contributed by atoms with Crippen molar-refractivity contribution in [3.8, 4) is 0 Å².